The summed E-state index contributed by atoms with van der Waals surface area (Å²) < 4.78 is 0. The molecule has 35 heavy (non-hydrogen) atoms. The molecule has 1 N–H and O–H groups in total. The topological polar surface area (TPSA) is 75.2 Å². The molecule has 4 aromatic rings. The fraction of sp³-hybridized carbons (Fsp3) is 0.259. The molecule has 0 aliphatic heterocycles. The monoisotopic (exact) mass is 504 g/mol. The van der Waals surface area contributed by atoms with Crippen molar-refractivity contribution in [3.8, 4) is 10.4 Å². The average molecular weight is 505 g/mol. The second kappa shape index (κ2) is 10.5. The molecule has 0 bridgehead atoms. The third kappa shape index (κ3) is 5.33. The quantitative estimate of drug-likeness (QED) is 0.312. The maximum absolute atomic E-state index is 13.4. The van der Waals surface area contributed by atoms with Crippen molar-refractivity contribution in [3.05, 3.63) is 88.2 Å². The average Bonchev–Trinajstić information content (AvgIpc) is 3.56. The molecule has 2 amide bonds. The second-order valence-corrected chi connectivity index (χ2v) is 10.8. The van der Waals surface area contributed by atoms with E-state index in [4.69, 9.17) is 0 Å². The highest BCUT2D eigenvalue weighted by molar-refractivity contribution is 7.15. The van der Waals surface area contributed by atoms with Gasteiger partial charge in [0, 0.05) is 34.8 Å². The fourth-order valence-corrected chi connectivity index (χ4v) is 5.77. The lowest BCUT2D eigenvalue weighted by Gasteiger charge is -2.32. The van der Waals surface area contributed by atoms with Gasteiger partial charge in [0.2, 0.25) is 11.0 Å². The smallest absolute Gasteiger partial charge is 0.253 e. The van der Waals surface area contributed by atoms with Crippen molar-refractivity contribution in [1.29, 1.82) is 0 Å². The summed E-state index contributed by atoms with van der Waals surface area (Å²) in [5.41, 5.74) is 3.63. The highest BCUT2D eigenvalue weighted by Crippen LogP contribution is 2.45. The van der Waals surface area contributed by atoms with Gasteiger partial charge in [-0.05, 0) is 42.3 Å². The van der Waals surface area contributed by atoms with E-state index in [1.54, 1.807) is 28.8 Å². The van der Waals surface area contributed by atoms with E-state index in [0.717, 1.165) is 20.9 Å². The molecule has 1 atom stereocenters. The summed E-state index contributed by atoms with van der Waals surface area (Å²) in [7, 11) is 1.80. The zero-order chi connectivity index (χ0) is 25.0. The van der Waals surface area contributed by atoms with Gasteiger partial charge < -0.3 is 10.2 Å². The van der Waals surface area contributed by atoms with Crippen LogP contribution in [0, 0.1) is 5.41 Å². The fourth-order valence-electron chi connectivity index (χ4n) is 4.00. The summed E-state index contributed by atoms with van der Waals surface area (Å²) in [5, 5.41) is 11.2. The Balaban J connectivity index is 1.65. The molecule has 0 spiro atoms. The van der Waals surface area contributed by atoms with Crippen LogP contribution in [0.5, 0.6) is 0 Å². The van der Waals surface area contributed by atoms with E-state index in [2.05, 4.69) is 39.8 Å². The first-order chi connectivity index (χ1) is 16.8. The molecular formula is C27H28N4O2S2. The molecule has 0 saturated carbocycles. The Labute approximate surface area is 213 Å². The lowest BCUT2D eigenvalue weighted by molar-refractivity contribution is -0.124. The van der Waals surface area contributed by atoms with E-state index < -0.39 is 5.41 Å². The van der Waals surface area contributed by atoms with Crippen molar-refractivity contribution in [2.45, 2.75) is 26.7 Å². The van der Waals surface area contributed by atoms with Gasteiger partial charge in [-0.3, -0.25) is 9.59 Å². The van der Waals surface area contributed by atoms with Crippen LogP contribution in [-0.2, 0) is 4.79 Å². The first kappa shape index (κ1) is 24.8. The summed E-state index contributed by atoms with van der Waals surface area (Å²) in [6, 6.07) is 22.0. The predicted molar refractivity (Wildman–Crippen MR) is 143 cm³/mol. The zero-order valence-electron chi connectivity index (χ0n) is 20.2. The Morgan fingerprint density at radius 3 is 2.37 bits per heavy atom. The third-order valence-electron chi connectivity index (χ3n) is 6.17. The minimum Gasteiger partial charge on any atom is -0.342 e. The Morgan fingerprint density at radius 1 is 1.03 bits per heavy atom. The molecule has 1 unspecified atom stereocenters. The number of anilines is 1. The van der Waals surface area contributed by atoms with Crippen molar-refractivity contribution in [2.75, 3.05) is 18.9 Å². The van der Waals surface area contributed by atoms with E-state index >= 15 is 0 Å². The molecule has 0 saturated heterocycles. The van der Waals surface area contributed by atoms with Crippen molar-refractivity contribution in [1.82, 2.24) is 15.1 Å². The number of thiophene rings is 1. The van der Waals surface area contributed by atoms with Gasteiger partial charge >= 0.3 is 0 Å². The van der Waals surface area contributed by atoms with Gasteiger partial charge in [0.25, 0.3) is 5.91 Å². The number of hydrogen-bond donors (Lipinski definition) is 1. The van der Waals surface area contributed by atoms with Gasteiger partial charge in [-0.15, -0.1) is 21.5 Å². The molecule has 2 aromatic carbocycles. The lowest BCUT2D eigenvalue weighted by Crippen LogP contribution is -2.36. The molecule has 0 fully saturated rings. The molecule has 4 rings (SSSR count). The Bertz CT molecular complexity index is 1280. The molecule has 180 valence electrons. The SMILES string of the molecule is CCN(C)C(=O)c1ccc(-c2ccc(C(c3ccccc3)C(C)(C)C(=O)Nc3nncs3)s2)cc1. The maximum Gasteiger partial charge on any atom is 0.253 e. The Hall–Kier alpha value is -3.36. The first-order valence-electron chi connectivity index (χ1n) is 11.4. The molecule has 0 aliphatic carbocycles. The summed E-state index contributed by atoms with van der Waals surface area (Å²) >= 11 is 2.97. The molecule has 8 heteroatoms. The number of carbonyl (C=O) groups is 2. The summed E-state index contributed by atoms with van der Waals surface area (Å²) in [4.78, 5) is 29.7. The van der Waals surface area contributed by atoms with Crippen LogP contribution in [-0.4, -0.2) is 40.5 Å². The van der Waals surface area contributed by atoms with E-state index in [9.17, 15) is 9.59 Å². The number of nitrogens with zero attached hydrogens (tertiary/aromatic N) is 3. The van der Waals surface area contributed by atoms with E-state index in [-0.39, 0.29) is 17.7 Å². The van der Waals surface area contributed by atoms with Crippen LogP contribution in [0.1, 0.15) is 47.5 Å². The van der Waals surface area contributed by atoms with Crippen molar-refractivity contribution in [3.63, 3.8) is 0 Å². The number of benzene rings is 2. The van der Waals surface area contributed by atoms with Crippen LogP contribution in [0.15, 0.2) is 72.2 Å². The predicted octanol–water partition coefficient (Wildman–Crippen LogP) is 6.16. The largest absolute Gasteiger partial charge is 0.342 e. The number of nitrogens with one attached hydrogen (secondary N) is 1. The van der Waals surface area contributed by atoms with Gasteiger partial charge in [-0.2, -0.15) is 0 Å². The van der Waals surface area contributed by atoms with Crippen molar-refractivity contribution in [2.24, 2.45) is 5.41 Å². The maximum atomic E-state index is 13.4. The van der Waals surface area contributed by atoms with Crippen molar-refractivity contribution < 1.29 is 9.59 Å². The van der Waals surface area contributed by atoms with Crippen molar-refractivity contribution >= 4 is 39.6 Å². The minimum absolute atomic E-state index is 0.0123. The number of hydrogen-bond acceptors (Lipinski definition) is 6. The van der Waals surface area contributed by atoms with Crippen LogP contribution in [0.4, 0.5) is 5.13 Å². The van der Waals surface area contributed by atoms with Crippen LogP contribution >= 0.6 is 22.7 Å². The molecule has 6 nitrogen and oxygen atoms in total. The number of rotatable bonds is 8. The molecule has 2 heterocycles. The van der Waals surface area contributed by atoms with E-state index in [1.165, 1.54) is 11.3 Å². The molecule has 2 aromatic heterocycles. The Kier molecular flexibility index (Phi) is 7.42. The molecule has 0 aliphatic rings. The van der Waals surface area contributed by atoms with Crippen LogP contribution < -0.4 is 5.32 Å². The van der Waals surface area contributed by atoms with E-state index in [1.807, 2.05) is 63.2 Å². The van der Waals surface area contributed by atoms with Crippen LogP contribution in [0.25, 0.3) is 10.4 Å². The minimum atomic E-state index is -0.754. The number of carbonyl (C=O) groups excluding carboxylic acids is 2. The van der Waals surface area contributed by atoms with Gasteiger partial charge in [0.1, 0.15) is 5.51 Å². The van der Waals surface area contributed by atoms with Gasteiger partial charge in [0.15, 0.2) is 0 Å². The first-order valence-corrected chi connectivity index (χ1v) is 13.1. The summed E-state index contributed by atoms with van der Waals surface area (Å²) in [5.74, 6) is -0.256. The zero-order valence-corrected chi connectivity index (χ0v) is 21.8. The highest BCUT2D eigenvalue weighted by Gasteiger charge is 2.40. The van der Waals surface area contributed by atoms with Crippen LogP contribution in [0.3, 0.4) is 0 Å². The molecular weight excluding hydrogens is 476 g/mol. The van der Waals surface area contributed by atoms with Gasteiger partial charge in [-0.25, -0.2) is 0 Å². The number of amides is 2. The molecule has 0 radical (unpaired) electrons. The lowest BCUT2D eigenvalue weighted by atomic mass is 9.73. The Morgan fingerprint density at radius 2 is 1.74 bits per heavy atom. The highest BCUT2D eigenvalue weighted by atomic mass is 32.1. The second-order valence-electron chi connectivity index (χ2n) is 8.86. The van der Waals surface area contributed by atoms with Gasteiger partial charge in [0.05, 0.1) is 5.41 Å². The number of aromatic nitrogens is 2. The third-order valence-corrected chi connectivity index (χ3v) is 7.97. The normalized spacial score (nSPS) is 12.2. The van der Waals surface area contributed by atoms with E-state index in [0.29, 0.717) is 17.2 Å². The summed E-state index contributed by atoms with van der Waals surface area (Å²) in [6.07, 6.45) is 0. The van der Waals surface area contributed by atoms with Gasteiger partial charge in [-0.1, -0.05) is 67.6 Å². The van der Waals surface area contributed by atoms with Crippen LogP contribution in [0.2, 0.25) is 0 Å². The standard InChI is InChI=1S/C27H28N4O2S2/c1-5-31(4)24(32)20-13-11-18(12-14-20)21-15-16-22(35-21)23(19-9-7-6-8-10-19)27(2,3)25(33)29-26-30-28-17-34-26/h6-17,23H,5H2,1-4H3,(H,29,30,33). The summed E-state index contributed by atoms with van der Waals surface area (Å²) in [6.45, 7) is 6.55.